The van der Waals surface area contributed by atoms with Crippen molar-refractivity contribution >= 4 is 0 Å². The van der Waals surface area contributed by atoms with Crippen LogP contribution in [0.25, 0.3) is 0 Å². The van der Waals surface area contributed by atoms with E-state index in [0.29, 0.717) is 12.5 Å². The Morgan fingerprint density at radius 1 is 1.30 bits per heavy atom. The Hall–Kier alpha value is -1.50. The van der Waals surface area contributed by atoms with E-state index >= 15 is 0 Å². The van der Waals surface area contributed by atoms with Crippen LogP contribution in [0.1, 0.15) is 25.8 Å². The molecule has 20 heavy (non-hydrogen) atoms. The standard InChI is InChI=1S/C17H25NO2/c1-4-11-20-17-9-6-5-8-16(17)13-18-10-7-12-19-14-15(2)3/h1,5-6,8-9,15,18H,7,10-14H2,2-3H3. The molecule has 1 rings (SSSR count). The number of para-hydroxylation sites is 1. The maximum Gasteiger partial charge on any atom is 0.148 e. The number of nitrogens with one attached hydrogen (secondary N) is 1. The molecule has 0 spiro atoms. The van der Waals surface area contributed by atoms with Gasteiger partial charge in [-0.3, -0.25) is 0 Å². The summed E-state index contributed by atoms with van der Waals surface area (Å²) in [6.07, 6.45) is 6.23. The van der Waals surface area contributed by atoms with Crippen molar-refractivity contribution in [3.8, 4) is 18.1 Å². The smallest absolute Gasteiger partial charge is 0.148 e. The van der Waals surface area contributed by atoms with Gasteiger partial charge in [0.1, 0.15) is 12.4 Å². The molecule has 3 nitrogen and oxygen atoms in total. The van der Waals surface area contributed by atoms with Crippen molar-refractivity contribution in [3.63, 3.8) is 0 Å². The van der Waals surface area contributed by atoms with E-state index in [0.717, 1.165) is 44.0 Å². The SMILES string of the molecule is C#CCOc1ccccc1CNCCCOCC(C)C. The summed E-state index contributed by atoms with van der Waals surface area (Å²) in [5.74, 6) is 3.94. The molecule has 0 unspecified atom stereocenters. The Morgan fingerprint density at radius 3 is 2.85 bits per heavy atom. The second kappa shape index (κ2) is 10.3. The molecule has 0 saturated heterocycles. The van der Waals surface area contributed by atoms with Crippen molar-refractivity contribution in [2.24, 2.45) is 5.92 Å². The molecule has 0 aliphatic heterocycles. The van der Waals surface area contributed by atoms with Crippen LogP contribution in [-0.2, 0) is 11.3 Å². The number of benzene rings is 1. The van der Waals surface area contributed by atoms with Crippen LogP contribution >= 0.6 is 0 Å². The normalized spacial score (nSPS) is 10.5. The molecule has 0 fully saturated rings. The lowest BCUT2D eigenvalue weighted by Gasteiger charge is -2.11. The molecule has 1 N–H and O–H groups in total. The first-order valence-corrected chi connectivity index (χ1v) is 7.16. The van der Waals surface area contributed by atoms with Gasteiger partial charge in [0.05, 0.1) is 0 Å². The molecule has 0 aromatic heterocycles. The minimum absolute atomic E-state index is 0.306. The van der Waals surface area contributed by atoms with Crippen LogP contribution in [0.2, 0.25) is 0 Å². The summed E-state index contributed by atoms with van der Waals surface area (Å²) in [6, 6.07) is 7.95. The van der Waals surface area contributed by atoms with E-state index in [1.807, 2.05) is 24.3 Å². The van der Waals surface area contributed by atoms with Gasteiger partial charge in [-0.05, 0) is 24.9 Å². The zero-order valence-corrected chi connectivity index (χ0v) is 12.5. The lowest BCUT2D eigenvalue weighted by molar-refractivity contribution is 0.108. The summed E-state index contributed by atoms with van der Waals surface area (Å²) in [6.45, 7) is 7.98. The summed E-state index contributed by atoms with van der Waals surface area (Å²) in [4.78, 5) is 0. The van der Waals surface area contributed by atoms with E-state index in [1.165, 1.54) is 0 Å². The van der Waals surface area contributed by atoms with Crippen LogP contribution in [0.3, 0.4) is 0 Å². The summed E-state index contributed by atoms with van der Waals surface area (Å²) >= 11 is 0. The quantitative estimate of drug-likeness (QED) is 0.526. The molecule has 0 heterocycles. The van der Waals surface area contributed by atoms with E-state index in [9.17, 15) is 0 Å². The second-order valence-corrected chi connectivity index (χ2v) is 5.10. The molecule has 110 valence electrons. The maximum atomic E-state index is 5.54. The lowest BCUT2D eigenvalue weighted by Crippen LogP contribution is -2.17. The average molecular weight is 275 g/mol. The van der Waals surface area contributed by atoms with Crippen LogP contribution in [0.15, 0.2) is 24.3 Å². The third kappa shape index (κ3) is 7.18. The van der Waals surface area contributed by atoms with Gasteiger partial charge < -0.3 is 14.8 Å². The number of hydrogen-bond donors (Lipinski definition) is 1. The second-order valence-electron chi connectivity index (χ2n) is 5.10. The molecule has 0 radical (unpaired) electrons. The first-order valence-electron chi connectivity index (χ1n) is 7.16. The summed E-state index contributed by atoms with van der Waals surface area (Å²) in [5.41, 5.74) is 1.13. The monoisotopic (exact) mass is 275 g/mol. The van der Waals surface area contributed by atoms with Crippen molar-refractivity contribution in [2.45, 2.75) is 26.8 Å². The number of ether oxygens (including phenoxy) is 2. The minimum atomic E-state index is 0.306. The van der Waals surface area contributed by atoms with E-state index in [2.05, 4.69) is 25.1 Å². The Balaban J connectivity index is 2.20. The molecule has 0 bridgehead atoms. The van der Waals surface area contributed by atoms with Crippen molar-refractivity contribution < 1.29 is 9.47 Å². The number of rotatable bonds is 10. The van der Waals surface area contributed by atoms with Crippen molar-refractivity contribution in [2.75, 3.05) is 26.4 Å². The highest BCUT2D eigenvalue weighted by atomic mass is 16.5. The first kappa shape index (κ1) is 16.6. The topological polar surface area (TPSA) is 30.5 Å². The molecule has 1 aromatic rings. The highest BCUT2D eigenvalue weighted by Gasteiger charge is 2.01. The summed E-state index contributed by atoms with van der Waals surface area (Å²) in [7, 11) is 0. The van der Waals surface area contributed by atoms with Crippen LogP contribution in [-0.4, -0.2) is 26.4 Å². The van der Waals surface area contributed by atoms with E-state index in [-0.39, 0.29) is 0 Å². The summed E-state index contributed by atoms with van der Waals surface area (Å²) < 4.78 is 11.0. The highest BCUT2D eigenvalue weighted by Crippen LogP contribution is 2.17. The lowest BCUT2D eigenvalue weighted by atomic mass is 10.2. The van der Waals surface area contributed by atoms with Crippen LogP contribution in [0, 0.1) is 18.3 Å². The molecule has 1 aromatic carbocycles. The third-order valence-electron chi connectivity index (χ3n) is 2.69. The van der Waals surface area contributed by atoms with Gasteiger partial charge in [0.2, 0.25) is 0 Å². The largest absolute Gasteiger partial charge is 0.481 e. The van der Waals surface area contributed by atoms with Crippen LogP contribution in [0.5, 0.6) is 5.75 Å². The predicted octanol–water partition coefficient (Wildman–Crippen LogP) is 2.85. The van der Waals surface area contributed by atoms with Gasteiger partial charge in [-0.2, -0.15) is 0 Å². The highest BCUT2D eigenvalue weighted by molar-refractivity contribution is 5.33. The van der Waals surface area contributed by atoms with Crippen LogP contribution in [0.4, 0.5) is 0 Å². The molecular weight excluding hydrogens is 250 g/mol. The van der Waals surface area contributed by atoms with Gasteiger partial charge in [-0.15, -0.1) is 6.42 Å². The number of hydrogen-bond acceptors (Lipinski definition) is 3. The fraction of sp³-hybridized carbons (Fsp3) is 0.529. The Kier molecular flexibility index (Phi) is 8.53. The molecular formula is C17H25NO2. The zero-order valence-electron chi connectivity index (χ0n) is 12.5. The third-order valence-corrected chi connectivity index (χ3v) is 2.69. The molecule has 0 amide bonds. The number of terminal acetylenes is 1. The van der Waals surface area contributed by atoms with Crippen molar-refractivity contribution in [3.05, 3.63) is 29.8 Å². The fourth-order valence-electron chi connectivity index (χ4n) is 1.75. The van der Waals surface area contributed by atoms with Crippen LogP contribution < -0.4 is 10.1 Å². The van der Waals surface area contributed by atoms with Crippen molar-refractivity contribution in [1.82, 2.24) is 5.32 Å². The Labute approximate surface area is 122 Å². The predicted molar refractivity (Wildman–Crippen MR) is 82.8 cm³/mol. The maximum absolute atomic E-state index is 5.54. The zero-order chi connectivity index (χ0) is 14.6. The van der Waals surface area contributed by atoms with Gasteiger partial charge in [0.15, 0.2) is 0 Å². The van der Waals surface area contributed by atoms with Gasteiger partial charge in [-0.25, -0.2) is 0 Å². The first-order chi connectivity index (χ1) is 9.74. The van der Waals surface area contributed by atoms with Crippen molar-refractivity contribution in [1.29, 1.82) is 0 Å². The molecule has 0 atom stereocenters. The Morgan fingerprint density at radius 2 is 2.10 bits per heavy atom. The van der Waals surface area contributed by atoms with E-state index < -0.39 is 0 Å². The molecule has 3 heteroatoms. The van der Waals surface area contributed by atoms with Gasteiger partial charge in [0, 0.05) is 25.3 Å². The minimum Gasteiger partial charge on any atom is -0.481 e. The molecule has 0 saturated carbocycles. The molecule has 0 aliphatic carbocycles. The molecule has 0 aliphatic rings. The van der Waals surface area contributed by atoms with Gasteiger partial charge >= 0.3 is 0 Å². The van der Waals surface area contributed by atoms with E-state index in [4.69, 9.17) is 15.9 Å². The average Bonchev–Trinajstić information content (AvgIpc) is 2.44. The van der Waals surface area contributed by atoms with Gasteiger partial charge in [-0.1, -0.05) is 38.0 Å². The fourth-order valence-corrected chi connectivity index (χ4v) is 1.75. The summed E-state index contributed by atoms with van der Waals surface area (Å²) in [5, 5.41) is 3.39. The van der Waals surface area contributed by atoms with E-state index in [1.54, 1.807) is 0 Å². The van der Waals surface area contributed by atoms with Gasteiger partial charge in [0.25, 0.3) is 0 Å². The Bertz CT molecular complexity index is 410.